The highest BCUT2D eigenvalue weighted by Crippen LogP contribution is 2.46. The van der Waals surface area contributed by atoms with E-state index in [1.54, 1.807) is 19.4 Å². The van der Waals surface area contributed by atoms with Crippen molar-refractivity contribution in [1.29, 1.82) is 5.26 Å². The van der Waals surface area contributed by atoms with Crippen LogP contribution >= 0.6 is 0 Å². The van der Waals surface area contributed by atoms with E-state index in [4.69, 9.17) is 0 Å². The number of H-pyrrole nitrogens is 1. The average Bonchev–Trinajstić information content (AvgIpc) is 3.20. The molecule has 0 radical (unpaired) electrons. The molecule has 9 heteroatoms. The first-order valence-electron chi connectivity index (χ1n) is 10.6. The maximum atomic E-state index is 13.9. The minimum absolute atomic E-state index is 0.0650. The van der Waals surface area contributed by atoms with Crippen LogP contribution in [-0.4, -0.2) is 31.7 Å². The Labute approximate surface area is 182 Å². The van der Waals surface area contributed by atoms with Crippen LogP contribution in [0, 0.1) is 34.9 Å². The van der Waals surface area contributed by atoms with Gasteiger partial charge in [0, 0.05) is 42.0 Å². The van der Waals surface area contributed by atoms with Crippen molar-refractivity contribution in [2.24, 2.45) is 24.8 Å². The first-order chi connectivity index (χ1) is 15.4. The Morgan fingerprint density at radius 3 is 2.72 bits per heavy atom. The molecule has 0 spiro atoms. The molecule has 8 nitrogen and oxygen atoms in total. The van der Waals surface area contributed by atoms with Crippen molar-refractivity contribution in [2.45, 2.75) is 31.7 Å². The van der Waals surface area contributed by atoms with Crippen molar-refractivity contribution in [2.75, 3.05) is 5.32 Å². The Balaban J connectivity index is 1.66. The molecule has 3 aliphatic rings. The number of aryl methyl sites for hydroxylation is 1. The third-order valence-electron chi connectivity index (χ3n) is 7.09. The molecule has 3 saturated carbocycles. The Morgan fingerprint density at radius 1 is 1.31 bits per heavy atom. The fourth-order valence-corrected chi connectivity index (χ4v) is 5.57. The molecule has 3 fully saturated rings. The summed E-state index contributed by atoms with van der Waals surface area (Å²) in [6.45, 7) is 0. The Kier molecular flexibility index (Phi) is 4.73. The molecule has 0 amide bonds. The van der Waals surface area contributed by atoms with Gasteiger partial charge in [-0.3, -0.25) is 9.59 Å². The number of carbonyl (C=O) groups is 1. The number of carboxylic acid groups (broad SMARTS) is 1. The normalized spacial score (nSPS) is 24.4. The molecule has 3 aliphatic carbocycles. The number of pyridine rings is 2. The van der Waals surface area contributed by atoms with Crippen LogP contribution in [0.15, 0.2) is 29.5 Å². The zero-order valence-electron chi connectivity index (χ0n) is 17.4. The topological polar surface area (TPSA) is 124 Å². The molecule has 0 unspecified atom stereocenters. The lowest BCUT2D eigenvalue weighted by Gasteiger charge is -2.47. The van der Waals surface area contributed by atoms with Crippen LogP contribution in [0.3, 0.4) is 0 Å². The smallest absolute Gasteiger partial charge is 0.308 e. The fourth-order valence-electron chi connectivity index (χ4n) is 5.57. The number of nitrogens with one attached hydrogen (secondary N) is 2. The van der Waals surface area contributed by atoms with Gasteiger partial charge in [-0.25, -0.2) is 9.37 Å². The lowest BCUT2D eigenvalue weighted by atomic mass is 9.61. The van der Waals surface area contributed by atoms with Gasteiger partial charge in [0.05, 0.1) is 17.7 Å². The van der Waals surface area contributed by atoms with Crippen LogP contribution in [0.25, 0.3) is 22.2 Å². The fraction of sp³-hybridized carbons (Fsp3) is 0.391. The molecule has 3 aromatic rings. The third-order valence-corrected chi connectivity index (χ3v) is 7.09. The molecule has 2 atom stereocenters. The maximum Gasteiger partial charge on any atom is 0.308 e. The van der Waals surface area contributed by atoms with Gasteiger partial charge < -0.3 is 20.0 Å². The molecule has 32 heavy (non-hydrogen) atoms. The molecule has 0 saturated heterocycles. The van der Waals surface area contributed by atoms with Crippen LogP contribution in [0.5, 0.6) is 0 Å². The van der Waals surface area contributed by atoms with Gasteiger partial charge in [0.25, 0.3) is 5.56 Å². The first-order valence-corrected chi connectivity index (χ1v) is 10.6. The summed E-state index contributed by atoms with van der Waals surface area (Å²) in [6.07, 6.45) is 7.83. The molecule has 3 N–H and O–H groups in total. The van der Waals surface area contributed by atoms with Gasteiger partial charge in [0.15, 0.2) is 0 Å². The molecule has 6 rings (SSSR count). The van der Waals surface area contributed by atoms with Gasteiger partial charge in [-0.15, -0.1) is 0 Å². The molecule has 0 aromatic carbocycles. The van der Waals surface area contributed by atoms with E-state index in [1.165, 1.54) is 10.6 Å². The molecular formula is C23H22FN5O3. The molecule has 2 bridgehead atoms. The molecular weight excluding hydrogens is 413 g/mol. The summed E-state index contributed by atoms with van der Waals surface area (Å²) in [5.74, 6) is -1.79. The van der Waals surface area contributed by atoms with Gasteiger partial charge >= 0.3 is 5.97 Å². The van der Waals surface area contributed by atoms with Gasteiger partial charge in [-0.2, -0.15) is 5.26 Å². The Morgan fingerprint density at radius 2 is 2.03 bits per heavy atom. The lowest BCUT2D eigenvalue weighted by Crippen LogP contribution is -2.52. The van der Waals surface area contributed by atoms with E-state index in [0.717, 1.165) is 31.9 Å². The highest BCUT2D eigenvalue weighted by Gasteiger charge is 2.47. The summed E-state index contributed by atoms with van der Waals surface area (Å²) in [6, 6.07) is 3.03. The standard InChI is InChI=1S/C23H22FN5O3/c1-29-10-17(16-9-27-21-14(16)6-13(24)8-26-21)15(7-25)20(22(29)30)28-19-12-4-2-11(3-5-12)18(19)23(31)32/h6,8-12,18-19,28H,2-5H2,1H3,(H,26,27)(H,31,32)/t11?,12?,18-,19-/m0/s1. The van der Waals surface area contributed by atoms with E-state index in [1.807, 2.05) is 0 Å². The van der Waals surface area contributed by atoms with Gasteiger partial charge in [0.1, 0.15) is 23.2 Å². The van der Waals surface area contributed by atoms with Crippen LogP contribution in [0.4, 0.5) is 10.1 Å². The number of aromatic amines is 1. The summed E-state index contributed by atoms with van der Waals surface area (Å²) in [5, 5.41) is 23.6. The van der Waals surface area contributed by atoms with E-state index < -0.39 is 29.3 Å². The van der Waals surface area contributed by atoms with Crippen LogP contribution in [0.1, 0.15) is 31.2 Å². The van der Waals surface area contributed by atoms with Crippen molar-refractivity contribution in [3.8, 4) is 17.2 Å². The predicted octanol–water partition coefficient (Wildman–Crippen LogP) is 3.24. The van der Waals surface area contributed by atoms with Crippen molar-refractivity contribution >= 4 is 22.7 Å². The molecule has 0 aliphatic heterocycles. The highest BCUT2D eigenvalue weighted by molar-refractivity contribution is 5.96. The number of hydrogen-bond acceptors (Lipinski definition) is 5. The number of hydrogen-bond donors (Lipinski definition) is 3. The second kappa shape index (κ2) is 7.48. The largest absolute Gasteiger partial charge is 0.481 e. The minimum Gasteiger partial charge on any atom is -0.481 e. The summed E-state index contributed by atoms with van der Waals surface area (Å²) < 4.78 is 15.2. The first kappa shape index (κ1) is 20.2. The van der Waals surface area contributed by atoms with Crippen molar-refractivity contribution in [3.05, 3.63) is 46.4 Å². The maximum absolute atomic E-state index is 13.9. The van der Waals surface area contributed by atoms with Crippen molar-refractivity contribution in [3.63, 3.8) is 0 Å². The van der Waals surface area contributed by atoms with E-state index in [9.17, 15) is 24.3 Å². The summed E-state index contributed by atoms with van der Waals surface area (Å²) in [5.41, 5.74) is 1.26. The summed E-state index contributed by atoms with van der Waals surface area (Å²) in [7, 11) is 1.58. The minimum atomic E-state index is -0.874. The number of carboxylic acids is 1. The number of aromatic nitrogens is 3. The highest BCUT2D eigenvalue weighted by atomic mass is 19.1. The second-order valence-electron chi connectivity index (χ2n) is 8.78. The summed E-state index contributed by atoms with van der Waals surface area (Å²) >= 11 is 0. The number of aliphatic carboxylic acids is 1. The van der Waals surface area contributed by atoms with Crippen LogP contribution < -0.4 is 10.9 Å². The number of nitrogens with zero attached hydrogens (tertiary/aromatic N) is 3. The number of fused-ring (bicyclic) bond motifs is 4. The zero-order valence-corrected chi connectivity index (χ0v) is 17.4. The number of nitriles is 1. The van der Waals surface area contributed by atoms with Crippen LogP contribution in [0.2, 0.25) is 0 Å². The quantitative estimate of drug-likeness (QED) is 0.578. The summed E-state index contributed by atoms with van der Waals surface area (Å²) in [4.78, 5) is 32.1. The average molecular weight is 435 g/mol. The predicted molar refractivity (Wildman–Crippen MR) is 115 cm³/mol. The Hall–Kier alpha value is -3.67. The van der Waals surface area contributed by atoms with E-state index in [-0.39, 0.29) is 23.1 Å². The van der Waals surface area contributed by atoms with Crippen molar-refractivity contribution in [1.82, 2.24) is 14.5 Å². The molecule has 3 heterocycles. The second-order valence-corrected chi connectivity index (χ2v) is 8.78. The SMILES string of the molecule is Cn1cc(-c2c[nH]c3ncc(F)cc23)c(C#N)c(N[C@H]2C3CCC(CC3)[C@@H]2C(=O)O)c1=O. The van der Waals surface area contributed by atoms with E-state index >= 15 is 0 Å². The molecule has 164 valence electrons. The molecule has 3 aromatic heterocycles. The van der Waals surface area contributed by atoms with Crippen LogP contribution in [-0.2, 0) is 11.8 Å². The zero-order chi connectivity index (χ0) is 22.6. The lowest BCUT2D eigenvalue weighted by molar-refractivity contribution is -0.148. The number of anilines is 1. The van der Waals surface area contributed by atoms with Gasteiger partial charge in [0.2, 0.25) is 0 Å². The van der Waals surface area contributed by atoms with Crippen molar-refractivity contribution < 1.29 is 14.3 Å². The van der Waals surface area contributed by atoms with Gasteiger partial charge in [-0.1, -0.05) is 0 Å². The van der Waals surface area contributed by atoms with E-state index in [2.05, 4.69) is 21.4 Å². The monoisotopic (exact) mass is 435 g/mol. The Bertz CT molecular complexity index is 1330. The van der Waals surface area contributed by atoms with E-state index in [0.29, 0.717) is 22.2 Å². The number of rotatable bonds is 4. The number of halogens is 1. The third kappa shape index (κ3) is 3.06. The van der Waals surface area contributed by atoms with Gasteiger partial charge in [-0.05, 0) is 43.6 Å².